The first-order valence-electron chi connectivity index (χ1n) is 8.11. The maximum atomic E-state index is 5.71. The van der Waals surface area contributed by atoms with E-state index in [0.29, 0.717) is 17.5 Å². The Morgan fingerprint density at radius 1 is 1.24 bits per heavy atom. The minimum atomic E-state index is 0.503. The van der Waals surface area contributed by atoms with Crippen LogP contribution < -0.4 is 15.9 Å². The molecule has 0 aliphatic heterocycles. The zero-order chi connectivity index (χ0) is 17.6. The van der Waals surface area contributed by atoms with Crippen LogP contribution in [0.2, 0.25) is 0 Å². The lowest BCUT2D eigenvalue weighted by Gasteiger charge is -2.11. The van der Waals surface area contributed by atoms with Crippen molar-refractivity contribution in [3.05, 3.63) is 59.9 Å². The lowest BCUT2D eigenvalue weighted by atomic mass is 10.0. The van der Waals surface area contributed by atoms with E-state index in [1.54, 1.807) is 13.2 Å². The molecule has 0 saturated heterocycles. The third kappa shape index (κ3) is 4.23. The van der Waals surface area contributed by atoms with Crippen molar-refractivity contribution in [1.82, 2.24) is 9.97 Å². The number of anilines is 2. The second kappa shape index (κ2) is 7.61. The fourth-order valence-corrected chi connectivity index (χ4v) is 2.45. The van der Waals surface area contributed by atoms with Crippen LogP contribution in [0, 0.1) is 0 Å². The Kier molecular flexibility index (Phi) is 5.09. The molecule has 0 saturated carbocycles. The molecule has 0 bridgehead atoms. The van der Waals surface area contributed by atoms with Gasteiger partial charge in [0.1, 0.15) is 0 Å². The lowest BCUT2D eigenvalue weighted by molar-refractivity contribution is 0.396. The van der Waals surface area contributed by atoms with Gasteiger partial charge in [0.2, 0.25) is 5.88 Å². The van der Waals surface area contributed by atoms with Gasteiger partial charge in [0.25, 0.3) is 0 Å². The predicted molar refractivity (Wildman–Crippen MR) is 102 cm³/mol. The standard InChI is InChI=1S/C19H21N5O/c1-13(14-8-10-16(20)11-9-14)23-24-17-12-18(25-2)22-19(21-17)15-6-4-3-5-7-15/h3-4,6,8-12H,5,7,20H2,1-2H3,(H,21,22,24)/b23-13+. The van der Waals surface area contributed by atoms with Gasteiger partial charge in [-0.15, -0.1) is 0 Å². The number of nitrogens with two attached hydrogens (primary N) is 1. The quantitative estimate of drug-likeness (QED) is 0.495. The number of rotatable bonds is 5. The number of methoxy groups -OCH3 is 1. The van der Waals surface area contributed by atoms with E-state index in [-0.39, 0.29) is 0 Å². The van der Waals surface area contributed by atoms with Crippen LogP contribution in [-0.2, 0) is 0 Å². The molecule has 3 N–H and O–H groups in total. The summed E-state index contributed by atoms with van der Waals surface area (Å²) in [6.45, 7) is 1.92. The highest BCUT2D eigenvalue weighted by Gasteiger charge is 2.10. The van der Waals surface area contributed by atoms with Crippen LogP contribution in [0.4, 0.5) is 11.5 Å². The fraction of sp³-hybridized carbons (Fsp3) is 0.211. The van der Waals surface area contributed by atoms with Gasteiger partial charge >= 0.3 is 0 Å². The normalized spacial score (nSPS) is 14.2. The first-order valence-corrected chi connectivity index (χ1v) is 8.11. The molecule has 1 aliphatic carbocycles. The van der Waals surface area contributed by atoms with Gasteiger partial charge in [0.05, 0.1) is 12.8 Å². The largest absolute Gasteiger partial charge is 0.481 e. The average Bonchev–Trinajstić information content (AvgIpc) is 2.67. The van der Waals surface area contributed by atoms with E-state index in [1.807, 2.05) is 43.3 Å². The molecule has 0 amide bonds. The number of nitrogens with zero attached hydrogens (tertiary/aromatic N) is 3. The molecular weight excluding hydrogens is 314 g/mol. The third-order valence-electron chi connectivity index (χ3n) is 3.88. The van der Waals surface area contributed by atoms with Crippen molar-refractivity contribution in [2.45, 2.75) is 19.8 Å². The summed E-state index contributed by atoms with van der Waals surface area (Å²) in [4.78, 5) is 8.99. The van der Waals surface area contributed by atoms with Crippen molar-refractivity contribution in [2.75, 3.05) is 18.3 Å². The monoisotopic (exact) mass is 335 g/mol. The zero-order valence-electron chi connectivity index (χ0n) is 14.4. The molecule has 0 atom stereocenters. The minimum absolute atomic E-state index is 0.503. The molecule has 0 unspecified atom stereocenters. The Hall–Kier alpha value is -3.15. The highest BCUT2D eigenvalue weighted by molar-refractivity contribution is 5.99. The molecule has 1 heterocycles. The van der Waals surface area contributed by atoms with Gasteiger partial charge in [-0.05, 0) is 43.0 Å². The van der Waals surface area contributed by atoms with Crippen molar-refractivity contribution < 1.29 is 4.74 Å². The number of aromatic nitrogens is 2. The van der Waals surface area contributed by atoms with Crippen molar-refractivity contribution in [1.29, 1.82) is 0 Å². The van der Waals surface area contributed by atoms with E-state index >= 15 is 0 Å². The summed E-state index contributed by atoms with van der Waals surface area (Å²) in [7, 11) is 1.59. The topological polar surface area (TPSA) is 85.4 Å². The van der Waals surface area contributed by atoms with E-state index < -0.39 is 0 Å². The van der Waals surface area contributed by atoms with Gasteiger partial charge in [-0.1, -0.05) is 30.4 Å². The van der Waals surface area contributed by atoms with Crippen molar-refractivity contribution >= 4 is 22.8 Å². The molecule has 1 aliphatic rings. The number of hydrogen-bond acceptors (Lipinski definition) is 6. The van der Waals surface area contributed by atoms with Crippen molar-refractivity contribution in [2.24, 2.45) is 5.10 Å². The maximum absolute atomic E-state index is 5.71. The van der Waals surface area contributed by atoms with Crippen LogP contribution in [-0.4, -0.2) is 22.8 Å². The molecule has 6 heteroatoms. The number of hydrazone groups is 1. The van der Waals surface area contributed by atoms with E-state index in [9.17, 15) is 0 Å². The smallest absolute Gasteiger partial charge is 0.218 e. The van der Waals surface area contributed by atoms with Crippen LogP contribution >= 0.6 is 0 Å². The number of nitrogens with one attached hydrogen (secondary N) is 1. The van der Waals surface area contributed by atoms with E-state index in [0.717, 1.165) is 35.4 Å². The molecule has 0 radical (unpaired) electrons. The summed E-state index contributed by atoms with van der Waals surface area (Å²) in [6, 6.07) is 9.29. The highest BCUT2D eigenvalue weighted by atomic mass is 16.5. The van der Waals surface area contributed by atoms with Crippen molar-refractivity contribution in [3.63, 3.8) is 0 Å². The predicted octanol–water partition coefficient (Wildman–Crippen LogP) is 3.64. The Morgan fingerprint density at radius 3 is 2.72 bits per heavy atom. The Labute approximate surface area is 147 Å². The Bertz CT molecular complexity index is 837. The fourth-order valence-electron chi connectivity index (χ4n) is 2.45. The molecular formula is C19H21N5O. The molecule has 128 valence electrons. The summed E-state index contributed by atoms with van der Waals surface area (Å²) in [5.74, 6) is 1.75. The number of benzene rings is 1. The average molecular weight is 335 g/mol. The molecule has 6 nitrogen and oxygen atoms in total. The number of nitrogen functional groups attached to an aromatic ring is 1. The third-order valence-corrected chi connectivity index (χ3v) is 3.88. The summed E-state index contributed by atoms with van der Waals surface area (Å²) in [5.41, 5.74) is 12.3. The van der Waals surface area contributed by atoms with E-state index in [1.165, 1.54) is 0 Å². The molecule has 25 heavy (non-hydrogen) atoms. The van der Waals surface area contributed by atoms with Crippen LogP contribution in [0.3, 0.4) is 0 Å². The molecule has 2 aromatic rings. The summed E-state index contributed by atoms with van der Waals surface area (Å²) in [6.07, 6.45) is 8.09. The molecule has 3 rings (SSSR count). The second-order valence-corrected chi connectivity index (χ2v) is 5.71. The molecule has 1 aromatic carbocycles. The van der Waals surface area contributed by atoms with Gasteiger partial charge in [-0.2, -0.15) is 10.1 Å². The first kappa shape index (κ1) is 16.7. The summed E-state index contributed by atoms with van der Waals surface area (Å²) in [5, 5.41) is 4.40. The maximum Gasteiger partial charge on any atom is 0.218 e. The van der Waals surface area contributed by atoms with E-state index in [2.05, 4.69) is 26.6 Å². The van der Waals surface area contributed by atoms with Gasteiger partial charge in [0, 0.05) is 11.8 Å². The van der Waals surface area contributed by atoms with Crippen LogP contribution in [0.5, 0.6) is 5.88 Å². The van der Waals surface area contributed by atoms with Crippen LogP contribution in [0.25, 0.3) is 5.57 Å². The first-order chi connectivity index (χ1) is 12.2. The van der Waals surface area contributed by atoms with Gasteiger partial charge < -0.3 is 10.5 Å². The van der Waals surface area contributed by atoms with Crippen LogP contribution in [0.15, 0.2) is 53.7 Å². The van der Waals surface area contributed by atoms with Gasteiger partial charge in [-0.3, -0.25) is 5.43 Å². The van der Waals surface area contributed by atoms with Crippen molar-refractivity contribution in [3.8, 4) is 5.88 Å². The Morgan fingerprint density at radius 2 is 2.04 bits per heavy atom. The Balaban J connectivity index is 1.84. The van der Waals surface area contributed by atoms with Gasteiger partial charge in [-0.25, -0.2) is 4.98 Å². The molecule has 0 fully saturated rings. The zero-order valence-corrected chi connectivity index (χ0v) is 14.4. The minimum Gasteiger partial charge on any atom is -0.481 e. The summed E-state index contributed by atoms with van der Waals surface area (Å²) >= 11 is 0. The highest BCUT2D eigenvalue weighted by Crippen LogP contribution is 2.24. The number of ether oxygens (including phenoxy) is 1. The lowest BCUT2D eigenvalue weighted by Crippen LogP contribution is -2.05. The number of allylic oxidation sites excluding steroid dienone is 4. The molecule has 1 aromatic heterocycles. The van der Waals surface area contributed by atoms with Gasteiger partial charge in [0.15, 0.2) is 11.6 Å². The summed E-state index contributed by atoms with van der Waals surface area (Å²) < 4.78 is 5.29. The SMILES string of the molecule is COc1cc(N/N=C(\C)c2ccc(N)cc2)nc(C2=CC=CCC2)n1. The van der Waals surface area contributed by atoms with E-state index in [4.69, 9.17) is 10.5 Å². The van der Waals surface area contributed by atoms with Crippen LogP contribution in [0.1, 0.15) is 31.2 Å². The second-order valence-electron chi connectivity index (χ2n) is 5.71. The number of hydrogen-bond donors (Lipinski definition) is 2. The molecule has 0 spiro atoms.